The lowest BCUT2D eigenvalue weighted by Crippen LogP contribution is -2.35. The zero-order valence-electron chi connectivity index (χ0n) is 10.4. The van der Waals surface area contributed by atoms with Crippen LogP contribution in [0.3, 0.4) is 0 Å². The van der Waals surface area contributed by atoms with Gasteiger partial charge in [0.25, 0.3) is 5.91 Å². The molecule has 1 aromatic carbocycles. The van der Waals surface area contributed by atoms with Crippen molar-refractivity contribution >= 4 is 33.4 Å². The Bertz CT molecular complexity index is 681. The standard InChI is InChI=1S/C14H11BrN2O3/c15-12-6-5-11(20-12)14(19)17-7-9-3-1-2-4-10(9)16-13(18)8-17/h1-6H,7-8H2,(H,16,18). The minimum absolute atomic E-state index is 0.00579. The summed E-state index contributed by atoms with van der Waals surface area (Å²) in [5, 5.41) is 2.79. The molecule has 0 radical (unpaired) electrons. The first-order valence-electron chi connectivity index (χ1n) is 6.06. The molecule has 0 saturated carbocycles. The average Bonchev–Trinajstić information content (AvgIpc) is 2.77. The van der Waals surface area contributed by atoms with Gasteiger partial charge in [-0.05, 0) is 39.7 Å². The third-order valence-electron chi connectivity index (χ3n) is 3.06. The first-order valence-corrected chi connectivity index (χ1v) is 6.85. The SMILES string of the molecule is O=C1CN(C(=O)c2ccc(Br)o2)Cc2ccccc2N1. The van der Waals surface area contributed by atoms with Crippen molar-refractivity contribution in [2.24, 2.45) is 0 Å². The number of nitrogens with one attached hydrogen (secondary N) is 1. The van der Waals surface area contributed by atoms with Gasteiger partial charge in [-0.3, -0.25) is 9.59 Å². The summed E-state index contributed by atoms with van der Waals surface area (Å²) in [6.45, 7) is 0.373. The van der Waals surface area contributed by atoms with Gasteiger partial charge in [0.05, 0.1) is 0 Å². The molecular weight excluding hydrogens is 324 g/mol. The molecule has 2 aromatic rings. The van der Waals surface area contributed by atoms with Crippen molar-refractivity contribution < 1.29 is 14.0 Å². The number of rotatable bonds is 1. The van der Waals surface area contributed by atoms with Gasteiger partial charge in [0.15, 0.2) is 10.4 Å². The maximum Gasteiger partial charge on any atom is 0.290 e. The molecule has 1 aliphatic rings. The number of hydrogen-bond donors (Lipinski definition) is 1. The summed E-state index contributed by atoms with van der Waals surface area (Å²) in [6, 6.07) is 10.7. The van der Waals surface area contributed by atoms with Crippen LogP contribution in [0.1, 0.15) is 16.1 Å². The van der Waals surface area contributed by atoms with E-state index in [0.29, 0.717) is 11.2 Å². The number of anilines is 1. The van der Waals surface area contributed by atoms with Crippen LogP contribution in [-0.2, 0) is 11.3 Å². The van der Waals surface area contributed by atoms with Crippen LogP contribution in [0.2, 0.25) is 0 Å². The molecule has 1 aromatic heterocycles. The van der Waals surface area contributed by atoms with Crippen LogP contribution in [-0.4, -0.2) is 23.3 Å². The van der Waals surface area contributed by atoms with Crippen LogP contribution < -0.4 is 5.32 Å². The Morgan fingerprint density at radius 1 is 1.20 bits per heavy atom. The zero-order chi connectivity index (χ0) is 14.1. The smallest absolute Gasteiger partial charge is 0.290 e. The van der Waals surface area contributed by atoms with E-state index in [1.54, 1.807) is 12.1 Å². The fourth-order valence-electron chi connectivity index (χ4n) is 2.13. The van der Waals surface area contributed by atoms with E-state index < -0.39 is 0 Å². The first kappa shape index (κ1) is 12.9. The van der Waals surface area contributed by atoms with E-state index in [0.717, 1.165) is 11.3 Å². The van der Waals surface area contributed by atoms with E-state index in [9.17, 15) is 9.59 Å². The van der Waals surface area contributed by atoms with Crippen LogP contribution in [0.4, 0.5) is 5.69 Å². The van der Waals surface area contributed by atoms with Crippen LogP contribution in [0.15, 0.2) is 45.5 Å². The molecule has 0 unspecified atom stereocenters. The Balaban J connectivity index is 1.91. The third kappa shape index (κ3) is 2.46. The maximum atomic E-state index is 12.4. The molecule has 0 saturated heterocycles. The van der Waals surface area contributed by atoms with Gasteiger partial charge in [0.1, 0.15) is 6.54 Å². The lowest BCUT2D eigenvalue weighted by Gasteiger charge is -2.18. The molecule has 5 nitrogen and oxygen atoms in total. The van der Waals surface area contributed by atoms with Crippen molar-refractivity contribution in [3.8, 4) is 0 Å². The van der Waals surface area contributed by atoms with Gasteiger partial charge < -0.3 is 14.6 Å². The number of carbonyl (C=O) groups excluding carboxylic acids is 2. The molecule has 102 valence electrons. The molecule has 0 bridgehead atoms. The Morgan fingerprint density at radius 2 is 2.00 bits per heavy atom. The number of hydrogen-bond acceptors (Lipinski definition) is 3. The number of amides is 2. The minimum Gasteiger partial charge on any atom is -0.444 e. The number of carbonyl (C=O) groups is 2. The minimum atomic E-state index is -0.303. The quantitative estimate of drug-likeness (QED) is 0.871. The van der Waals surface area contributed by atoms with Crippen molar-refractivity contribution in [3.05, 3.63) is 52.4 Å². The summed E-state index contributed by atoms with van der Waals surface area (Å²) in [5.41, 5.74) is 1.64. The molecule has 0 atom stereocenters. The predicted octanol–water partition coefficient (Wildman–Crippen LogP) is 2.64. The van der Waals surface area contributed by atoms with Crippen molar-refractivity contribution in [2.45, 2.75) is 6.54 Å². The van der Waals surface area contributed by atoms with Crippen LogP contribution >= 0.6 is 15.9 Å². The number of nitrogens with zero attached hydrogens (tertiary/aromatic N) is 1. The summed E-state index contributed by atoms with van der Waals surface area (Å²) >= 11 is 3.16. The summed E-state index contributed by atoms with van der Waals surface area (Å²) in [7, 11) is 0. The predicted molar refractivity (Wildman–Crippen MR) is 76.2 cm³/mol. The number of fused-ring (bicyclic) bond motifs is 1. The first-order chi connectivity index (χ1) is 9.63. The second-order valence-electron chi connectivity index (χ2n) is 4.47. The lowest BCUT2D eigenvalue weighted by atomic mass is 10.1. The fraction of sp³-hybridized carbons (Fsp3) is 0.143. The van der Waals surface area contributed by atoms with Crippen molar-refractivity contribution in [3.63, 3.8) is 0 Å². The van der Waals surface area contributed by atoms with Gasteiger partial charge in [-0.25, -0.2) is 0 Å². The molecule has 0 spiro atoms. The number of para-hydroxylation sites is 1. The van der Waals surface area contributed by atoms with Gasteiger partial charge >= 0.3 is 0 Å². The zero-order valence-corrected chi connectivity index (χ0v) is 12.0. The second kappa shape index (κ2) is 5.13. The molecule has 1 N–H and O–H groups in total. The largest absolute Gasteiger partial charge is 0.444 e. The molecule has 20 heavy (non-hydrogen) atoms. The molecule has 2 amide bonds. The van der Waals surface area contributed by atoms with Crippen molar-refractivity contribution in [1.82, 2.24) is 4.90 Å². The maximum absolute atomic E-state index is 12.4. The highest BCUT2D eigenvalue weighted by Gasteiger charge is 2.25. The van der Waals surface area contributed by atoms with Gasteiger partial charge in [-0.1, -0.05) is 18.2 Å². The van der Waals surface area contributed by atoms with Gasteiger partial charge in [-0.2, -0.15) is 0 Å². The van der Waals surface area contributed by atoms with E-state index in [4.69, 9.17) is 4.42 Å². The Morgan fingerprint density at radius 3 is 2.75 bits per heavy atom. The summed E-state index contributed by atoms with van der Waals surface area (Å²) in [5.74, 6) is -0.305. The Labute approximate surface area is 123 Å². The topological polar surface area (TPSA) is 62.6 Å². The summed E-state index contributed by atoms with van der Waals surface area (Å²) in [6.07, 6.45) is 0. The molecule has 1 aliphatic heterocycles. The number of furan rings is 1. The normalized spacial score (nSPS) is 14.4. The van der Waals surface area contributed by atoms with Crippen LogP contribution in [0.25, 0.3) is 0 Å². The van der Waals surface area contributed by atoms with E-state index in [1.807, 2.05) is 24.3 Å². The summed E-state index contributed by atoms with van der Waals surface area (Å²) < 4.78 is 5.74. The van der Waals surface area contributed by atoms with Gasteiger partial charge in [0.2, 0.25) is 5.91 Å². The highest BCUT2D eigenvalue weighted by Crippen LogP contribution is 2.22. The monoisotopic (exact) mass is 334 g/mol. The molecule has 3 rings (SSSR count). The molecule has 2 heterocycles. The van der Waals surface area contributed by atoms with Gasteiger partial charge in [0, 0.05) is 12.2 Å². The van der Waals surface area contributed by atoms with Crippen LogP contribution in [0.5, 0.6) is 0 Å². The lowest BCUT2D eigenvalue weighted by molar-refractivity contribution is -0.116. The van der Waals surface area contributed by atoms with Gasteiger partial charge in [-0.15, -0.1) is 0 Å². The van der Waals surface area contributed by atoms with E-state index in [-0.39, 0.29) is 24.1 Å². The molecular formula is C14H11BrN2O3. The third-order valence-corrected chi connectivity index (χ3v) is 3.48. The molecule has 0 aliphatic carbocycles. The average molecular weight is 335 g/mol. The Hall–Kier alpha value is -2.08. The Kier molecular flexibility index (Phi) is 3.31. The second-order valence-corrected chi connectivity index (χ2v) is 5.25. The number of halogens is 1. The number of benzene rings is 1. The molecule has 6 heteroatoms. The van der Waals surface area contributed by atoms with Crippen LogP contribution in [0, 0.1) is 0 Å². The summed E-state index contributed by atoms with van der Waals surface area (Å²) in [4.78, 5) is 25.7. The fourth-order valence-corrected chi connectivity index (χ4v) is 2.44. The van der Waals surface area contributed by atoms with Crippen molar-refractivity contribution in [1.29, 1.82) is 0 Å². The van der Waals surface area contributed by atoms with E-state index >= 15 is 0 Å². The molecule has 0 fully saturated rings. The highest BCUT2D eigenvalue weighted by molar-refractivity contribution is 9.10. The highest BCUT2D eigenvalue weighted by atomic mass is 79.9. The van der Waals surface area contributed by atoms with Crippen molar-refractivity contribution in [2.75, 3.05) is 11.9 Å². The van der Waals surface area contributed by atoms with E-state index in [1.165, 1.54) is 4.90 Å². The van der Waals surface area contributed by atoms with E-state index in [2.05, 4.69) is 21.2 Å².